The molecule has 1 heterocycles. The third kappa shape index (κ3) is 0.767. The molecule has 1 aliphatic heterocycles. The van der Waals surface area contributed by atoms with E-state index in [9.17, 15) is 4.79 Å². The fraction of sp³-hybridized carbons (Fsp3) is 0.833. The highest BCUT2D eigenvalue weighted by atomic mass is 16.6. The third-order valence-corrected chi connectivity index (χ3v) is 1.84. The molecule has 1 saturated heterocycles. The molecule has 0 radical (unpaired) electrons. The fourth-order valence-electron chi connectivity index (χ4n) is 1.31. The summed E-state index contributed by atoms with van der Waals surface area (Å²) >= 11 is 0. The molecule has 9 heavy (non-hydrogen) atoms. The topological polar surface area (TPSA) is 49.8 Å². The first-order valence-electron chi connectivity index (χ1n) is 3.13. The van der Waals surface area contributed by atoms with E-state index in [1.165, 1.54) is 0 Å². The normalized spacial score (nSPS) is 48.6. The predicted molar refractivity (Wildman–Crippen MR) is 28.9 cm³/mol. The summed E-state index contributed by atoms with van der Waals surface area (Å²) in [5.74, 6) is 0.0683. The number of hydrogen-bond donors (Lipinski definition) is 1. The number of carbonyl (C=O) groups excluding carboxylic acids is 1. The molecule has 1 N–H and O–H groups in total. The Labute approximate surface area is 52.6 Å². The number of rotatable bonds is 0. The Morgan fingerprint density at radius 2 is 2.44 bits per heavy atom. The van der Waals surface area contributed by atoms with Gasteiger partial charge in [-0.3, -0.25) is 4.79 Å². The Morgan fingerprint density at radius 3 is 3.11 bits per heavy atom. The summed E-state index contributed by atoms with van der Waals surface area (Å²) in [7, 11) is 0. The second-order valence-corrected chi connectivity index (χ2v) is 2.66. The van der Waals surface area contributed by atoms with Crippen molar-refractivity contribution in [2.75, 3.05) is 0 Å². The lowest BCUT2D eigenvalue weighted by molar-refractivity contribution is -0.122. The lowest BCUT2D eigenvalue weighted by Crippen LogP contribution is -2.26. The van der Waals surface area contributed by atoms with Gasteiger partial charge in [0.1, 0.15) is 6.10 Å². The van der Waals surface area contributed by atoms with Gasteiger partial charge in [0.05, 0.1) is 12.2 Å². The van der Waals surface area contributed by atoms with E-state index in [1.807, 2.05) is 0 Å². The van der Waals surface area contributed by atoms with Crippen LogP contribution in [0.4, 0.5) is 0 Å². The van der Waals surface area contributed by atoms with Gasteiger partial charge in [-0.05, 0) is 0 Å². The molecule has 0 aromatic heterocycles. The van der Waals surface area contributed by atoms with E-state index in [0.717, 1.165) is 0 Å². The predicted octanol–water partition coefficient (Wildman–Crippen LogP) is -0.522. The van der Waals surface area contributed by atoms with Crippen molar-refractivity contribution in [2.24, 2.45) is 0 Å². The lowest BCUT2D eigenvalue weighted by Gasteiger charge is -2.09. The Hall–Kier alpha value is -0.410. The van der Waals surface area contributed by atoms with Crippen molar-refractivity contribution in [3.8, 4) is 0 Å². The van der Waals surface area contributed by atoms with Crippen LogP contribution in [-0.4, -0.2) is 29.2 Å². The molecule has 0 bridgehead atoms. The van der Waals surface area contributed by atoms with E-state index in [-0.39, 0.29) is 18.0 Å². The molecule has 2 aliphatic rings. The number of ether oxygens (including phenoxy) is 1. The summed E-state index contributed by atoms with van der Waals surface area (Å²) in [6.07, 6.45) is 0.410. The number of aliphatic hydroxyl groups is 1. The summed E-state index contributed by atoms with van der Waals surface area (Å²) in [6, 6.07) is 0. The largest absolute Gasteiger partial charge is 0.393 e. The van der Waals surface area contributed by atoms with E-state index in [0.29, 0.717) is 12.8 Å². The monoisotopic (exact) mass is 128 g/mol. The molecule has 1 aliphatic carbocycles. The van der Waals surface area contributed by atoms with Crippen LogP contribution in [0.1, 0.15) is 12.8 Å². The zero-order valence-corrected chi connectivity index (χ0v) is 4.91. The van der Waals surface area contributed by atoms with Crippen molar-refractivity contribution in [1.82, 2.24) is 0 Å². The van der Waals surface area contributed by atoms with Gasteiger partial charge in [-0.25, -0.2) is 0 Å². The zero-order chi connectivity index (χ0) is 6.43. The van der Waals surface area contributed by atoms with Crippen LogP contribution in [-0.2, 0) is 9.53 Å². The molecule has 50 valence electrons. The molecule has 3 atom stereocenters. The first-order valence-corrected chi connectivity index (χ1v) is 3.13. The van der Waals surface area contributed by atoms with Crippen molar-refractivity contribution >= 4 is 5.78 Å². The first kappa shape index (κ1) is 5.38. The highest BCUT2D eigenvalue weighted by Crippen LogP contribution is 2.33. The van der Waals surface area contributed by atoms with E-state index in [2.05, 4.69) is 0 Å². The van der Waals surface area contributed by atoms with Crippen LogP contribution in [0.3, 0.4) is 0 Å². The number of epoxide rings is 1. The molecule has 0 spiro atoms. The van der Waals surface area contributed by atoms with Crippen LogP contribution in [0.25, 0.3) is 0 Å². The van der Waals surface area contributed by atoms with Crippen LogP contribution in [0.2, 0.25) is 0 Å². The third-order valence-electron chi connectivity index (χ3n) is 1.84. The number of ketones is 1. The molecule has 0 amide bonds. The minimum atomic E-state index is -0.443. The summed E-state index contributed by atoms with van der Waals surface area (Å²) in [6.45, 7) is 0. The zero-order valence-electron chi connectivity index (χ0n) is 4.91. The maximum absolute atomic E-state index is 10.8. The van der Waals surface area contributed by atoms with Crippen LogP contribution in [0.15, 0.2) is 0 Å². The smallest absolute Gasteiger partial charge is 0.166 e. The summed E-state index contributed by atoms with van der Waals surface area (Å²) in [5.41, 5.74) is 0. The van der Waals surface area contributed by atoms with Gasteiger partial charge in [0.2, 0.25) is 0 Å². The van der Waals surface area contributed by atoms with Gasteiger partial charge in [-0.2, -0.15) is 0 Å². The molecule has 0 aromatic rings. The van der Waals surface area contributed by atoms with Crippen LogP contribution < -0.4 is 0 Å². The lowest BCUT2D eigenvalue weighted by atomic mass is 9.97. The first-order chi connectivity index (χ1) is 4.27. The van der Waals surface area contributed by atoms with Gasteiger partial charge in [0, 0.05) is 12.8 Å². The van der Waals surface area contributed by atoms with Gasteiger partial charge in [0.15, 0.2) is 5.78 Å². The van der Waals surface area contributed by atoms with E-state index >= 15 is 0 Å². The quantitative estimate of drug-likeness (QED) is 0.446. The van der Waals surface area contributed by atoms with E-state index < -0.39 is 6.10 Å². The van der Waals surface area contributed by atoms with Gasteiger partial charge in [0.25, 0.3) is 0 Å². The molecular weight excluding hydrogens is 120 g/mol. The molecule has 1 saturated carbocycles. The average molecular weight is 128 g/mol. The minimum Gasteiger partial charge on any atom is -0.393 e. The standard InChI is InChI=1S/C6H8O3/c7-3-1-4(8)6-5(2-3)9-6/h3,5-7H,1-2H2. The molecule has 0 aromatic carbocycles. The highest BCUT2D eigenvalue weighted by molar-refractivity contribution is 5.87. The summed E-state index contributed by atoms with van der Waals surface area (Å²) in [4.78, 5) is 10.8. The molecule has 3 unspecified atom stereocenters. The number of aliphatic hydroxyl groups excluding tert-OH is 1. The van der Waals surface area contributed by atoms with E-state index in [4.69, 9.17) is 9.84 Å². The number of carbonyl (C=O) groups is 1. The van der Waals surface area contributed by atoms with Crippen molar-refractivity contribution in [3.05, 3.63) is 0 Å². The van der Waals surface area contributed by atoms with Crippen LogP contribution in [0, 0.1) is 0 Å². The van der Waals surface area contributed by atoms with Gasteiger partial charge >= 0.3 is 0 Å². The SMILES string of the molecule is O=C1CC(O)CC2OC12. The van der Waals surface area contributed by atoms with Crippen molar-refractivity contribution in [3.63, 3.8) is 0 Å². The Kier molecular flexibility index (Phi) is 0.926. The maximum atomic E-state index is 10.8. The second kappa shape index (κ2) is 1.55. The number of fused-ring (bicyclic) bond motifs is 1. The Morgan fingerprint density at radius 1 is 1.67 bits per heavy atom. The fourth-order valence-corrected chi connectivity index (χ4v) is 1.31. The van der Waals surface area contributed by atoms with Gasteiger partial charge in [-0.1, -0.05) is 0 Å². The molecule has 3 nitrogen and oxygen atoms in total. The minimum absolute atomic E-state index is 0.0567. The van der Waals surface area contributed by atoms with Crippen LogP contribution >= 0.6 is 0 Å². The number of Topliss-reactive ketones (excluding diaryl/α,β-unsaturated/α-hetero) is 1. The Bertz CT molecular complexity index is 154. The average Bonchev–Trinajstić information content (AvgIpc) is 2.43. The van der Waals surface area contributed by atoms with E-state index in [1.54, 1.807) is 0 Å². The van der Waals surface area contributed by atoms with Crippen molar-refractivity contribution in [1.29, 1.82) is 0 Å². The maximum Gasteiger partial charge on any atom is 0.166 e. The highest BCUT2D eigenvalue weighted by Gasteiger charge is 2.49. The molecule has 3 heteroatoms. The summed E-state index contributed by atoms with van der Waals surface area (Å²) in [5, 5.41) is 8.98. The summed E-state index contributed by atoms with van der Waals surface area (Å²) < 4.78 is 4.95. The number of hydrogen-bond acceptors (Lipinski definition) is 3. The molecular formula is C6H8O3. The van der Waals surface area contributed by atoms with Crippen molar-refractivity contribution < 1.29 is 14.6 Å². The van der Waals surface area contributed by atoms with Gasteiger partial charge in [-0.15, -0.1) is 0 Å². The second-order valence-electron chi connectivity index (χ2n) is 2.66. The molecule has 2 fully saturated rings. The van der Waals surface area contributed by atoms with Crippen LogP contribution in [0.5, 0.6) is 0 Å². The Balaban J connectivity index is 2.07. The van der Waals surface area contributed by atoms with Gasteiger partial charge < -0.3 is 9.84 Å². The molecule has 2 rings (SSSR count). The van der Waals surface area contributed by atoms with Crippen molar-refractivity contribution in [2.45, 2.75) is 31.2 Å².